The molecule has 0 aliphatic heterocycles. The van der Waals surface area contributed by atoms with Gasteiger partial charge in [0.05, 0.1) is 37.6 Å². The number of aliphatic hydroxyl groups is 1. The van der Waals surface area contributed by atoms with E-state index < -0.39 is 29.7 Å². The van der Waals surface area contributed by atoms with E-state index in [9.17, 15) is 14.4 Å². The van der Waals surface area contributed by atoms with Gasteiger partial charge in [-0.1, -0.05) is 27.2 Å². The van der Waals surface area contributed by atoms with Crippen LogP contribution in [0.15, 0.2) is 0 Å². The summed E-state index contributed by atoms with van der Waals surface area (Å²) in [5, 5.41) is 8.75. The fourth-order valence-corrected chi connectivity index (χ4v) is 2.57. The van der Waals surface area contributed by atoms with Gasteiger partial charge in [0.25, 0.3) is 0 Å². The van der Waals surface area contributed by atoms with Crippen molar-refractivity contribution >= 4 is 17.9 Å². The summed E-state index contributed by atoms with van der Waals surface area (Å²) in [5.74, 6) is -2.75. The van der Waals surface area contributed by atoms with Gasteiger partial charge in [-0.3, -0.25) is 14.4 Å². The summed E-state index contributed by atoms with van der Waals surface area (Å²) < 4.78 is 15.3. The van der Waals surface area contributed by atoms with Crippen molar-refractivity contribution in [1.29, 1.82) is 0 Å². The molecule has 7 heteroatoms. The highest BCUT2D eigenvalue weighted by Gasteiger charge is 2.31. The molecule has 0 saturated carbocycles. The number of carbonyl (C=O) groups is 3. The van der Waals surface area contributed by atoms with E-state index in [1.807, 2.05) is 13.8 Å². The van der Waals surface area contributed by atoms with Gasteiger partial charge >= 0.3 is 17.9 Å². The standard InChI is InChI=1S/C19H34O7/c1-5-8-10-25-19(23)16(12-14(4)17(21)26-11-9-20)13-15(6-2)18(22)24-7-3/h14-16,20H,5-13H2,1-4H3. The molecule has 1 N–H and O–H groups in total. The van der Waals surface area contributed by atoms with Crippen molar-refractivity contribution in [2.45, 2.75) is 59.8 Å². The van der Waals surface area contributed by atoms with Crippen LogP contribution in [-0.4, -0.2) is 49.4 Å². The molecule has 3 atom stereocenters. The van der Waals surface area contributed by atoms with Crippen LogP contribution in [0.25, 0.3) is 0 Å². The molecule has 0 heterocycles. The summed E-state index contributed by atoms with van der Waals surface area (Å²) in [6.07, 6.45) is 2.72. The number of ether oxygens (including phenoxy) is 3. The third-order valence-electron chi connectivity index (χ3n) is 4.13. The highest BCUT2D eigenvalue weighted by molar-refractivity contribution is 5.77. The Kier molecular flexibility index (Phi) is 13.6. The maximum Gasteiger partial charge on any atom is 0.308 e. The highest BCUT2D eigenvalue weighted by Crippen LogP contribution is 2.25. The van der Waals surface area contributed by atoms with Crippen LogP contribution in [-0.2, 0) is 28.6 Å². The van der Waals surface area contributed by atoms with E-state index >= 15 is 0 Å². The highest BCUT2D eigenvalue weighted by atomic mass is 16.5. The molecule has 0 aliphatic rings. The molecule has 7 nitrogen and oxygen atoms in total. The van der Waals surface area contributed by atoms with E-state index in [0.717, 1.165) is 12.8 Å². The lowest BCUT2D eigenvalue weighted by Crippen LogP contribution is -2.29. The van der Waals surface area contributed by atoms with Gasteiger partial charge in [0.2, 0.25) is 0 Å². The Morgan fingerprint density at radius 3 is 2.00 bits per heavy atom. The van der Waals surface area contributed by atoms with Crippen LogP contribution in [0.4, 0.5) is 0 Å². The molecular weight excluding hydrogens is 340 g/mol. The topological polar surface area (TPSA) is 99.1 Å². The van der Waals surface area contributed by atoms with Gasteiger partial charge in [-0.05, 0) is 32.6 Å². The van der Waals surface area contributed by atoms with Gasteiger partial charge in [-0.25, -0.2) is 0 Å². The zero-order valence-electron chi connectivity index (χ0n) is 16.5. The molecular formula is C19H34O7. The molecule has 26 heavy (non-hydrogen) atoms. The summed E-state index contributed by atoms with van der Waals surface area (Å²) in [7, 11) is 0. The molecule has 0 aromatic carbocycles. The van der Waals surface area contributed by atoms with Crippen molar-refractivity contribution in [2.75, 3.05) is 26.4 Å². The monoisotopic (exact) mass is 374 g/mol. The fraction of sp³-hybridized carbons (Fsp3) is 0.842. The first-order chi connectivity index (χ1) is 12.4. The second kappa shape index (κ2) is 14.5. The lowest BCUT2D eigenvalue weighted by molar-refractivity contribution is -0.155. The Bertz CT molecular complexity index is 422. The third-order valence-corrected chi connectivity index (χ3v) is 4.13. The van der Waals surface area contributed by atoms with Crippen molar-refractivity contribution in [1.82, 2.24) is 0 Å². The summed E-state index contributed by atoms with van der Waals surface area (Å²) in [4.78, 5) is 36.5. The predicted molar refractivity (Wildman–Crippen MR) is 96.2 cm³/mol. The smallest absolute Gasteiger partial charge is 0.308 e. The van der Waals surface area contributed by atoms with Gasteiger partial charge in [0.15, 0.2) is 0 Å². The maximum atomic E-state index is 12.5. The molecule has 0 saturated heterocycles. The van der Waals surface area contributed by atoms with Gasteiger partial charge in [-0.15, -0.1) is 0 Å². The number of rotatable bonds is 14. The first kappa shape index (κ1) is 24.4. The minimum atomic E-state index is -0.585. The van der Waals surface area contributed by atoms with E-state index in [1.54, 1.807) is 13.8 Å². The van der Waals surface area contributed by atoms with E-state index in [4.69, 9.17) is 19.3 Å². The minimum Gasteiger partial charge on any atom is -0.466 e. The molecule has 0 amide bonds. The zero-order valence-corrected chi connectivity index (χ0v) is 16.5. The quantitative estimate of drug-likeness (QED) is 0.283. The lowest BCUT2D eigenvalue weighted by Gasteiger charge is -2.22. The normalized spacial score (nSPS) is 14.2. The van der Waals surface area contributed by atoms with Crippen LogP contribution in [0.1, 0.15) is 59.8 Å². The molecule has 0 aromatic rings. The predicted octanol–water partition coefficient (Wildman–Crippen LogP) is 2.49. The Balaban J connectivity index is 4.99. The summed E-state index contributed by atoms with van der Waals surface area (Å²) in [5.41, 5.74) is 0. The van der Waals surface area contributed by atoms with Gasteiger partial charge in [0, 0.05) is 0 Å². The van der Waals surface area contributed by atoms with Gasteiger partial charge in [-0.2, -0.15) is 0 Å². The van der Waals surface area contributed by atoms with Gasteiger partial charge < -0.3 is 19.3 Å². The number of hydrogen-bond donors (Lipinski definition) is 1. The number of carbonyl (C=O) groups excluding carboxylic acids is 3. The van der Waals surface area contributed by atoms with Crippen LogP contribution < -0.4 is 0 Å². The number of esters is 3. The molecule has 3 unspecified atom stereocenters. The Labute approximate surface area is 156 Å². The Morgan fingerprint density at radius 2 is 1.46 bits per heavy atom. The SMILES string of the molecule is CCCCOC(=O)C(CC(C)C(=O)OCCO)CC(CC)C(=O)OCC. The van der Waals surface area contributed by atoms with Crippen molar-refractivity contribution in [2.24, 2.45) is 17.8 Å². The molecule has 0 aliphatic carbocycles. The number of unbranched alkanes of at least 4 members (excludes halogenated alkanes) is 1. The van der Waals surface area contributed by atoms with Crippen molar-refractivity contribution in [3.05, 3.63) is 0 Å². The zero-order chi connectivity index (χ0) is 19.9. The molecule has 0 bridgehead atoms. The number of aliphatic hydroxyl groups excluding tert-OH is 1. The van der Waals surface area contributed by atoms with E-state index in [-0.39, 0.29) is 38.6 Å². The molecule has 0 spiro atoms. The van der Waals surface area contributed by atoms with Crippen LogP contribution in [0.2, 0.25) is 0 Å². The van der Waals surface area contributed by atoms with Crippen molar-refractivity contribution in [3.8, 4) is 0 Å². The molecule has 0 aromatic heterocycles. The molecule has 0 rings (SSSR count). The second-order valence-electron chi connectivity index (χ2n) is 6.34. The molecule has 0 fully saturated rings. The Morgan fingerprint density at radius 1 is 0.846 bits per heavy atom. The average Bonchev–Trinajstić information content (AvgIpc) is 2.62. The van der Waals surface area contributed by atoms with Crippen molar-refractivity contribution in [3.63, 3.8) is 0 Å². The van der Waals surface area contributed by atoms with E-state index in [0.29, 0.717) is 13.0 Å². The Hall–Kier alpha value is -1.63. The first-order valence-corrected chi connectivity index (χ1v) is 9.51. The summed E-state index contributed by atoms with van der Waals surface area (Å²) in [6, 6.07) is 0. The largest absolute Gasteiger partial charge is 0.466 e. The third kappa shape index (κ3) is 9.75. The minimum absolute atomic E-state index is 0.0742. The van der Waals surface area contributed by atoms with Crippen LogP contribution in [0.3, 0.4) is 0 Å². The first-order valence-electron chi connectivity index (χ1n) is 9.51. The van der Waals surface area contributed by atoms with Crippen LogP contribution >= 0.6 is 0 Å². The molecule has 0 radical (unpaired) electrons. The number of hydrogen-bond acceptors (Lipinski definition) is 7. The summed E-state index contributed by atoms with van der Waals surface area (Å²) >= 11 is 0. The molecule has 152 valence electrons. The second-order valence-corrected chi connectivity index (χ2v) is 6.34. The van der Waals surface area contributed by atoms with Crippen LogP contribution in [0.5, 0.6) is 0 Å². The van der Waals surface area contributed by atoms with Crippen LogP contribution in [0, 0.1) is 17.8 Å². The van der Waals surface area contributed by atoms with Gasteiger partial charge in [0.1, 0.15) is 6.61 Å². The summed E-state index contributed by atoms with van der Waals surface area (Å²) in [6.45, 7) is 7.54. The average molecular weight is 374 g/mol. The maximum absolute atomic E-state index is 12.5. The lowest BCUT2D eigenvalue weighted by atomic mass is 9.86. The van der Waals surface area contributed by atoms with E-state index in [1.165, 1.54) is 0 Å². The van der Waals surface area contributed by atoms with E-state index in [2.05, 4.69) is 0 Å². The van der Waals surface area contributed by atoms with Crippen molar-refractivity contribution < 1.29 is 33.7 Å². The fourth-order valence-electron chi connectivity index (χ4n) is 2.57.